The Balaban J connectivity index is 1.49. The van der Waals surface area contributed by atoms with Gasteiger partial charge in [0.05, 0.1) is 0 Å². The number of carbonyl (C=O) groups excluding carboxylic acids is 2. The average molecular weight is 366 g/mol. The van der Waals surface area contributed by atoms with Crippen molar-refractivity contribution in [1.82, 2.24) is 4.90 Å². The highest BCUT2D eigenvalue weighted by Crippen LogP contribution is 2.30. The predicted octanol–water partition coefficient (Wildman–Crippen LogP) is 4.15. The molecule has 1 saturated carbocycles. The third-order valence-electron chi connectivity index (χ3n) is 5.26. The van der Waals surface area contributed by atoms with Crippen LogP contribution >= 0.6 is 0 Å². The quantitative estimate of drug-likeness (QED) is 0.798. The largest absolute Gasteiger partial charge is 0.331 e. The molecule has 0 atom stereocenters. The van der Waals surface area contributed by atoms with Crippen LogP contribution in [0, 0.1) is 5.82 Å². The summed E-state index contributed by atoms with van der Waals surface area (Å²) >= 11 is 0. The van der Waals surface area contributed by atoms with Crippen LogP contribution in [0.2, 0.25) is 0 Å². The Labute approximate surface area is 158 Å². The second-order valence-electron chi connectivity index (χ2n) is 7.34. The molecule has 27 heavy (non-hydrogen) atoms. The first-order valence-electron chi connectivity index (χ1n) is 9.58. The Morgan fingerprint density at radius 1 is 1.04 bits per heavy atom. The van der Waals surface area contributed by atoms with Gasteiger partial charge in [-0.3, -0.25) is 9.59 Å². The lowest BCUT2D eigenvalue weighted by Crippen LogP contribution is -2.35. The van der Waals surface area contributed by atoms with Gasteiger partial charge < -0.3 is 9.80 Å². The van der Waals surface area contributed by atoms with Gasteiger partial charge in [0.1, 0.15) is 5.82 Å². The Bertz CT molecular complexity index is 828. The third kappa shape index (κ3) is 4.02. The van der Waals surface area contributed by atoms with Crippen molar-refractivity contribution in [3.8, 4) is 0 Å². The molecule has 5 heteroatoms. The number of benzene rings is 2. The minimum Gasteiger partial charge on any atom is -0.331 e. The average Bonchev–Trinajstić information content (AvgIpc) is 3.53. The second-order valence-corrected chi connectivity index (χ2v) is 7.34. The predicted molar refractivity (Wildman–Crippen MR) is 102 cm³/mol. The summed E-state index contributed by atoms with van der Waals surface area (Å²) in [5.41, 5.74) is 2.40. The summed E-state index contributed by atoms with van der Waals surface area (Å²) in [6.45, 7) is 1.22. The molecule has 2 aromatic carbocycles. The molecule has 2 aliphatic rings. The molecule has 2 aromatic rings. The van der Waals surface area contributed by atoms with Crippen molar-refractivity contribution in [1.29, 1.82) is 0 Å². The molecule has 4 nitrogen and oxygen atoms in total. The van der Waals surface area contributed by atoms with E-state index in [4.69, 9.17) is 0 Å². The van der Waals surface area contributed by atoms with Gasteiger partial charge in [0.25, 0.3) is 5.91 Å². The van der Waals surface area contributed by atoms with E-state index in [9.17, 15) is 14.0 Å². The molecule has 2 amide bonds. The molecule has 0 radical (unpaired) electrons. The number of hydrogen-bond donors (Lipinski definition) is 0. The van der Waals surface area contributed by atoms with Crippen LogP contribution in [0.25, 0.3) is 0 Å². The molecule has 0 bridgehead atoms. The van der Waals surface area contributed by atoms with Crippen LogP contribution in [0.15, 0.2) is 48.5 Å². The first-order valence-corrected chi connectivity index (χ1v) is 9.58. The number of anilines is 1. The molecule has 1 heterocycles. The Hall–Kier alpha value is -2.69. The molecule has 4 rings (SSSR count). The molecule has 0 aromatic heterocycles. The van der Waals surface area contributed by atoms with Crippen LogP contribution in [0.4, 0.5) is 10.1 Å². The summed E-state index contributed by atoms with van der Waals surface area (Å²) in [6, 6.07) is 13.9. The molecule has 140 valence electrons. The normalized spacial score (nSPS) is 17.1. The maximum Gasteiger partial charge on any atom is 0.254 e. The fraction of sp³-hybridized carbons (Fsp3) is 0.364. The summed E-state index contributed by atoms with van der Waals surface area (Å²) in [5, 5.41) is 0. The van der Waals surface area contributed by atoms with Crippen molar-refractivity contribution >= 4 is 17.5 Å². The van der Waals surface area contributed by atoms with Gasteiger partial charge in [-0.05, 0) is 67.6 Å². The van der Waals surface area contributed by atoms with Crippen molar-refractivity contribution in [2.45, 2.75) is 44.7 Å². The maximum atomic E-state index is 13.1. The Morgan fingerprint density at radius 2 is 1.74 bits per heavy atom. The summed E-state index contributed by atoms with van der Waals surface area (Å²) in [5.74, 6) is -0.138. The first-order chi connectivity index (χ1) is 13.1. The lowest BCUT2D eigenvalue weighted by atomic mass is 10.1. The van der Waals surface area contributed by atoms with Crippen LogP contribution in [0.3, 0.4) is 0 Å². The van der Waals surface area contributed by atoms with Crippen molar-refractivity contribution in [3.05, 3.63) is 65.5 Å². The minimum absolute atomic E-state index is 0.0154. The zero-order valence-electron chi connectivity index (χ0n) is 15.2. The van der Waals surface area contributed by atoms with Gasteiger partial charge in [0.2, 0.25) is 5.91 Å². The van der Waals surface area contributed by atoms with Gasteiger partial charge >= 0.3 is 0 Å². The zero-order valence-corrected chi connectivity index (χ0v) is 15.2. The van der Waals surface area contributed by atoms with E-state index in [1.54, 1.807) is 29.2 Å². The van der Waals surface area contributed by atoms with Gasteiger partial charge in [-0.1, -0.05) is 12.1 Å². The van der Waals surface area contributed by atoms with E-state index < -0.39 is 0 Å². The van der Waals surface area contributed by atoms with Gasteiger partial charge in [0, 0.05) is 36.8 Å². The Kier molecular flexibility index (Phi) is 4.92. The van der Waals surface area contributed by atoms with Crippen molar-refractivity contribution < 1.29 is 14.0 Å². The highest BCUT2D eigenvalue weighted by Gasteiger charge is 2.33. The number of amides is 2. The molecular weight excluding hydrogens is 343 g/mol. The molecule has 1 saturated heterocycles. The summed E-state index contributed by atoms with van der Waals surface area (Å²) in [7, 11) is 0. The molecule has 1 aliphatic carbocycles. The third-order valence-corrected chi connectivity index (χ3v) is 5.26. The van der Waals surface area contributed by atoms with Crippen LogP contribution < -0.4 is 4.90 Å². The summed E-state index contributed by atoms with van der Waals surface area (Å²) in [4.78, 5) is 28.8. The minimum atomic E-state index is -0.272. The second kappa shape index (κ2) is 7.51. The number of hydrogen-bond acceptors (Lipinski definition) is 2. The lowest BCUT2D eigenvalue weighted by Gasteiger charge is -2.27. The fourth-order valence-electron chi connectivity index (χ4n) is 3.57. The SMILES string of the molecule is O=C1CCCCN1c1ccc(C(=O)N(Cc2ccc(F)cc2)C2CC2)cc1. The van der Waals surface area contributed by atoms with Gasteiger partial charge in [-0.15, -0.1) is 0 Å². The highest BCUT2D eigenvalue weighted by molar-refractivity contribution is 5.97. The molecule has 2 fully saturated rings. The monoisotopic (exact) mass is 366 g/mol. The van der Waals surface area contributed by atoms with E-state index in [1.807, 2.05) is 17.0 Å². The molecule has 1 aliphatic heterocycles. The number of halogens is 1. The standard InChI is InChI=1S/C22H23FN2O2/c23-18-8-4-16(5-9-18)15-25(20-12-13-20)22(27)17-6-10-19(11-7-17)24-14-2-1-3-21(24)26/h4-11,20H,1-3,12-15H2. The van der Waals surface area contributed by atoms with E-state index >= 15 is 0 Å². The molecular formula is C22H23FN2O2. The van der Waals surface area contributed by atoms with Gasteiger partial charge in [0.15, 0.2) is 0 Å². The van der Waals surface area contributed by atoms with Crippen molar-refractivity contribution in [2.75, 3.05) is 11.4 Å². The number of piperidine rings is 1. The van der Waals surface area contributed by atoms with Crippen molar-refractivity contribution in [3.63, 3.8) is 0 Å². The lowest BCUT2D eigenvalue weighted by molar-refractivity contribution is -0.119. The van der Waals surface area contributed by atoms with E-state index in [1.165, 1.54) is 12.1 Å². The summed E-state index contributed by atoms with van der Waals surface area (Å²) in [6.07, 6.45) is 4.57. The number of rotatable bonds is 5. The van der Waals surface area contributed by atoms with Crippen LogP contribution in [0.5, 0.6) is 0 Å². The number of carbonyl (C=O) groups is 2. The fourth-order valence-corrected chi connectivity index (χ4v) is 3.57. The van der Waals surface area contributed by atoms with E-state index in [2.05, 4.69) is 0 Å². The smallest absolute Gasteiger partial charge is 0.254 e. The van der Waals surface area contributed by atoms with E-state index in [0.29, 0.717) is 18.5 Å². The maximum absolute atomic E-state index is 13.1. The summed E-state index contributed by atoms with van der Waals surface area (Å²) < 4.78 is 13.1. The zero-order chi connectivity index (χ0) is 18.8. The first kappa shape index (κ1) is 17.7. The van der Waals surface area contributed by atoms with E-state index in [-0.39, 0.29) is 23.7 Å². The topological polar surface area (TPSA) is 40.6 Å². The van der Waals surface area contributed by atoms with Gasteiger partial charge in [-0.25, -0.2) is 4.39 Å². The van der Waals surface area contributed by atoms with Crippen LogP contribution in [-0.4, -0.2) is 29.3 Å². The highest BCUT2D eigenvalue weighted by atomic mass is 19.1. The van der Waals surface area contributed by atoms with Gasteiger partial charge in [-0.2, -0.15) is 0 Å². The Morgan fingerprint density at radius 3 is 2.37 bits per heavy atom. The van der Waals surface area contributed by atoms with E-state index in [0.717, 1.165) is 43.5 Å². The molecule has 0 unspecified atom stereocenters. The van der Waals surface area contributed by atoms with Crippen LogP contribution in [0.1, 0.15) is 48.0 Å². The van der Waals surface area contributed by atoms with Crippen molar-refractivity contribution in [2.24, 2.45) is 0 Å². The molecule has 0 N–H and O–H groups in total. The number of nitrogens with zero attached hydrogens (tertiary/aromatic N) is 2. The molecule has 0 spiro atoms. The van der Waals surface area contributed by atoms with Crippen LogP contribution in [-0.2, 0) is 11.3 Å².